The largest absolute Gasteiger partial charge is 0.397 e. The second-order valence-electron chi connectivity index (χ2n) is 6.23. The molecule has 1 saturated heterocycles. The van der Waals surface area contributed by atoms with Crippen molar-refractivity contribution in [3.63, 3.8) is 0 Å². The van der Waals surface area contributed by atoms with E-state index in [1.165, 1.54) is 23.3 Å². The number of likely N-dealkylation sites (tertiary alicyclic amines) is 1. The number of benzene rings is 1. The lowest BCUT2D eigenvalue weighted by atomic mass is 10.1. The fourth-order valence-corrected chi connectivity index (χ4v) is 4.26. The number of thiophene rings is 1. The molecule has 2 aromatic heterocycles. The quantitative estimate of drug-likeness (QED) is 0.736. The molecule has 4 rings (SSSR count). The van der Waals surface area contributed by atoms with Crippen LogP contribution in [-0.4, -0.2) is 28.9 Å². The van der Waals surface area contributed by atoms with E-state index in [9.17, 15) is 4.79 Å². The molecule has 1 aliphatic rings. The lowest BCUT2D eigenvalue weighted by Crippen LogP contribution is -2.35. The molecule has 3 heterocycles. The maximum atomic E-state index is 12.8. The summed E-state index contributed by atoms with van der Waals surface area (Å²) in [4.78, 5) is 20.9. The molecule has 0 unspecified atom stereocenters. The molecule has 0 radical (unpaired) electrons. The van der Waals surface area contributed by atoms with E-state index in [4.69, 9.17) is 10.7 Å². The highest BCUT2D eigenvalue weighted by Crippen LogP contribution is 2.35. The number of nitrogens with zero attached hydrogens (tertiary/aromatic N) is 2. The van der Waals surface area contributed by atoms with Crippen LogP contribution in [0.5, 0.6) is 0 Å². The Bertz CT molecular complexity index is 909. The van der Waals surface area contributed by atoms with Crippen molar-refractivity contribution >= 4 is 44.1 Å². The molecule has 0 saturated carbocycles. The predicted octanol–water partition coefficient (Wildman–Crippen LogP) is 3.97. The number of carbonyl (C=O) groups is 1. The molecular formula is C18H19N3OS. The van der Waals surface area contributed by atoms with E-state index in [0.717, 1.165) is 47.1 Å². The van der Waals surface area contributed by atoms with Crippen molar-refractivity contribution in [3.05, 3.63) is 34.7 Å². The van der Waals surface area contributed by atoms with Crippen LogP contribution in [0.15, 0.2) is 24.3 Å². The Morgan fingerprint density at radius 3 is 2.78 bits per heavy atom. The molecule has 1 aliphatic heterocycles. The first-order chi connectivity index (χ1) is 11.1. The Kier molecular flexibility index (Phi) is 3.45. The molecule has 2 N–H and O–H groups in total. The zero-order chi connectivity index (χ0) is 16.0. The van der Waals surface area contributed by atoms with Crippen molar-refractivity contribution < 1.29 is 4.79 Å². The number of amides is 1. The van der Waals surface area contributed by atoms with Gasteiger partial charge in [0, 0.05) is 23.9 Å². The summed E-state index contributed by atoms with van der Waals surface area (Å²) in [5.74, 6) is 0.0606. The minimum atomic E-state index is 0.0606. The second kappa shape index (κ2) is 5.49. The first-order valence-corrected chi connectivity index (χ1v) is 8.84. The summed E-state index contributed by atoms with van der Waals surface area (Å²) < 4.78 is 0. The Hall–Kier alpha value is -2.14. The number of pyridine rings is 1. The summed E-state index contributed by atoms with van der Waals surface area (Å²) in [6, 6.07) is 8.24. The van der Waals surface area contributed by atoms with E-state index in [-0.39, 0.29) is 5.91 Å². The Balaban J connectivity index is 1.82. The van der Waals surface area contributed by atoms with Crippen molar-refractivity contribution in [2.24, 2.45) is 0 Å². The number of piperidine rings is 1. The van der Waals surface area contributed by atoms with Gasteiger partial charge >= 0.3 is 0 Å². The van der Waals surface area contributed by atoms with E-state index in [1.54, 1.807) is 0 Å². The predicted molar refractivity (Wildman–Crippen MR) is 96.0 cm³/mol. The highest BCUT2D eigenvalue weighted by Gasteiger charge is 2.24. The third kappa shape index (κ3) is 2.45. The standard InChI is InChI=1S/C18H19N3OS/c1-11-5-6-12-10-13-15(19)16(23-17(13)20-14(12)9-11)18(22)21-7-3-2-4-8-21/h5-6,9-10H,2-4,7-8,19H2,1H3. The molecule has 0 bridgehead atoms. The topological polar surface area (TPSA) is 59.2 Å². The fraction of sp³-hybridized carbons (Fsp3) is 0.333. The highest BCUT2D eigenvalue weighted by molar-refractivity contribution is 7.21. The van der Waals surface area contributed by atoms with E-state index < -0.39 is 0 Å². The molecule has 23 heavy (non-hydrogen) atoms. The first kappa shape index (κ1) is 14.5. The van der Waals surface area contributed by atoms with Gasteiger partial charge in [-0.3, -0.25) is 4.79 Å². The van der Waals surface area contributed by atoms with Crippen molar-refractivity contribution in [1.82, 2.24) is 9.88 Å². The molecule has 0 aliphatic carbocycles. The zero-order valence-electron chi connectivity index (χ0n) is 13.1. The summed E-state index contributed by atoms with van der Waals surface area (Å²) in [7, 11) is 0. The van der Waals surface area contributed by atoms with Gasteiger partial charge < -0.3 is 10.6 Å². The number of aryl methyl sites for hydroxylation is 1. The van der Waals surface area contributed by atoms with Crippen molar-refractivity contribution in [2.45, 2.75) is 26.2 Å². The van der Waals surface area contributed by atoms with E-state index in [2.05, 4.69) is 31.2 Å². The molecule has 1 aromatic carbocycles. The van der Waals surface area contributed by atoms with Crippen molar-refractivity contribution in [3.8, 4) is 0 Å². The molecule has 4 nitrogen and oxygen atoms in total. The Labute approximate surface area is 138 Å². The van der Waals surface area contributed by atoms with Crippen LogP contribution in [0.4, 0.5) is 5.69 Å². The van der Waals surface area contributed by atoms with Gasteiger partial charge in [0.1, 0.15) is 9.71 Å². The number of aromatic nitrogens is 1. The first-order valence-electron chi connectivity index (χ1n) is 8.02. The Morgan fingerprint density at radius 1 is 1.22 bits per heavy atom. The number of fused-ring (bicyclic) bond motifs is 2. The summed E-state index contributed by atoms with van der Waals surface area (Å²) >= 11 is 1.42. The number of hydrogen-bond acceptors (Lipinski definition) is 4. The van der Waals surface area contributed by atoms with Gasteiger partial charge in [0.2, 0.25) is 0 Å². The van der Waals surface area contributed by atoms with Crippen LogP contribution in [0.25, 0.3) is 21.1 Å². The van der Waals surface area contributed by atoms with Crippen LogP contribution in [0.3, 0.4) is 0 Å². The highest BCUT2D eigenvalue weighted by atomic mass is 32.1. The molecular weight excluding hydrogens is 306 g/mol. The maximum Gasteiger partial charge on any atom is 0.266 e. The van der Waals surface area contributed by atoms with Crippen molar-refractivity contribution in [1.29, 1.82) is 0 Å². The number of hydrogen-bond donors (Lipinski definition) is 1. The number of carbonyl (C=O) groups excluding carboxylic acids is 1. The van der Waals surface area contributed by atoms with E-state index >= 15 is 0 Å². The van der Waals surface area contributed by atoms with Crippen LogP contribution in [0, 0.1) is 6.92 Å². The molecule has 5 heteroatoms. The summed E-state index contributed by atoms with van der Waals surface area (Å²) in [5, 5.41) is 1.95. The zero-order valence-corrected chi connectivity index (χ0v) is 13.9. The van der Waals surface area contributed by atoms with Gasteiger partial charge in [-0.25, -0.2) is 4.98 Å². The normalized spacial score (nSPS) is 15.4. The van der Waals surface area contributed by atoms with Crippen LogP contribution in [0.1, 0.15) is 34.5 Å². The monoisotopic (exact) mass is 325 g/mol. The molecule has 1 fully saturated rings. The Morgan fingerprint density at radius 2 is 2.00 bits per heavy atom. The SMILES string of the molecule is Cc1ccc2cc3c(N)c(C(=O)N4CCCCC4)sc3nc2c1. The molecule has 0 atom stereocenters. The van der Waals surface area contributed by atoms with Crippen LogP contribution in [0.2, 0.25) is 0 Å². The third-order valence-corrected chi connectivity index (χ3v) is 5.61. The van der Waals surface area contributed by atoms with Gasteiger partial charge in [-0.2, -0.15) is 0 Å². The van der Waals surface area contributed by atoms with Crippen molar-refractivity contribution in [2.75, 3.05) is 18.8 Å². The number of nitrogen functional groups attached to an aromatic ring is 1. The number of rotatable bonds is 1. The smallest absolute Gasteiger partial charge is 0.266 e. The lowest BCUT2D eigenvalue weighted by Gasteiger charge is -2.26. The molecule has 3 aromatic rings. The van der Waals surface area contributed by atoms with Gasteiger partial charge in [-0.1, -0.05) is 12.1 Å². The van der Waals surface area contributed by atoms with Gasteiger partial charge in [-0.05, 0) is 43.9 Å². The lowest BCUT2D eigenvalue weighted by molar-refractivity contribution is 0.0730. The minimum Gasteiger partial charge on any atom is -0.397 e. The fourth-order valence-electron chi connectivity index (χ4n) is 3.20. The van der Waals surface area contributed by atoms with E-state index in [0.29, 0.717) is 10.6 Å². The van der Waals surface area contributed by atoms with E-state index in [1.807, 2.05) is 4.90 Å². The molecule has 1 amide bonds. The van der Waals surface area contributed by atoms with Gasteiger partial charge in [-0.15, -0.1) is 11.3 Å². The van der Waals surface area contributed by atoms with Crippen LogP contribution >= 0.6 is 11.3 Å². The minimum absolute atomic E-state index is 0.0606. The third-order valence-electron chi connectivity index (χ3n) is 4.51. The van der Waals surface area contributed by atoms with Gasteiger partial charge in [0.05, 0.1) is 11.2 Å². The van der Waals surface area contributed by atoms with Crippen LogP contribution < -0.4 is 5.73 Å². The summed E-state index contributed by atoms with van der Waals surface area (Å²) in [6.07, 6.45) is 3.37. The number of anilines is 1. The summed E-state index contributed by atoms with van der Waals surface area (Å²) in [6.45, 7) is 3.72. The summed E-state index contributed by atoms with van der Waals surface area (Å²) in [5.41, 5.74) is 9.00. The number of nitrogens with two attached hydrogens (primary N) is 1. The van der Waals surface area contributed by atoms with Crippen LogP contribution in [-0.2, 0) is 0 Å². The average molecular weight is 325 g/mol. The second-order valence-corrected chi connectivity index (χ2v) is 7.23. The average Bonchev–Trinajstić information content (AvgIpc) is 2.89. The molecule has 0 spiro atoms. The molecule has 118 valence electrons. The van der Waals surface area contributed by atoms with Gasteiger partial charge in [0.25, 0.3) is 5.91 Å². The van der Waals surface area contributed by atoms with Gasteiger partial charge in [0.15, 0.2) is 0 Å². The maximum absolute atomic E-state index is 12.8.